The lowest BCUT2D eigenvalue weighted by atomic mass is 9.77. The Labute approximate surface area is 234 Å². The van der Waals surface area contributed by atoms with E-state index in [4.69, 9.17) is 14.9 Å². The lowest BCUT2D eigenvalue weighted by molar-refractivity contribution is -0.143. The van der Waals surface area contributed by atoms with Gasteiger partial charge in [0.05, 0.1) is 12.0 Å². The number of anilines is 1. The molecule has 0 bridgehead atoms. The Balaban J connectivity index is 1.14. The quantitative estimate of drug-likeness (QED) is 0.301. The normalized spacial score (nSPS) is 22.6. The second-order valence-electron chi connectivity index (χ2n) is 10.9. The van der Waals surface area contributed by atoms with Gasteiger partial charge in [-0.05, 0) is 105 Å². The Kier molecular flexibility index (Phi) is 10.2. The second kappa shape index (κ2) is 14.0. The molecule has 4 rings (SSSR count). The van der Waals surface area contributed by atoms with Crippen LogP contribution in [0.2, 0.25) is 0 Å². The molecule has 2 aliphatic carbocycles. The molecule has 2 saturated carbocycles. The summed E-state index contributed by atoms with van der Waals surface area (Å²) in [6.07, 6.45) is 6.80. The highest BCUT2D eigenvalue weighted by Crippen LogP contribution is 2.37. The summed E-state index contributed by atoms with van der Waals surface area (Å²) in [7, 11) is 0. The maximum Gasteiger partial charge on any atom is 0.306 e. The van der Waals surface area contributed by atoms with E-state index in [-0.39, 0.29) is 49.1 Å². The average Bonchev–Trinajstić information content (AvgIpc) is 2.94. The van der Waals surface area contributed by atoms with E-state index in [1.165, 1.54) is 5.56 Å². The van der Waals surface area contributed by atoms with Crippen LogP contribution in [0, 0.1) is 11.8 Å². The molecule has 0 atom stereocenters. The standard InChI is InChI=1S/C31H38N2O7/c34-28(33-25-11-5-22(6-12-25)21-3-1-20(2-4-21)19-29(35)36)17-18-32-30(37)23-7-13-26(14-8-23)40-27-15-9-24(10-16-27)31(38)39/h5-8,11-14,20-21,24,27H,1-4,9-10,15-19H2,(H,32,37)(H,33,34)(H,35,36)(H,38,39)/t20?,21?,24-,27+. The molecule has 0 saturated heterocycles. The fourth-order valence-corrected chi connectivity index (χ4v) is 5.71. The van der Waals surface area contributed by atoms with Gasteiger partial charge in [-0.15, -0.1) is 0 Å². The summed E-state index contributed by atoms with van der Waals surface area (Å²) in [5.74, 6) is -0.889. The molecule has 4 N–H and O–H groups in total. The first-order valence-electron chi connectivity index (χ1n) is 14.2. The van der Waals surface area contributed by atoms with Crippen LogP contribution >= 0.6 is 0 Å². The van der Waals surface area contributed by atoms with Crippen molar-refractivity contribution in [2.45, 2.75) is 76.2 Å². The lowest BCUT2D eigenvalue weighted by Gasteiger charge is -2.28. The van der Waals surface area contributed by atoms with Crippen molar-refractivity contribution in [2.75, 3.05) is 11.9 Å². The van der Waals surface area contributed by atoms with E-state index in [0.717, 1.165) is 25.7 Å². The number of aliphatic carboxylic acids is 2. The third-order valence-electron chi connectivity index (χ3n) is 8.06. The minimum absolute atomic E-state index is 0.0181. The van der Waals surface area contributed by atoms with E-state index in [2.05, 4.69) is 10.6 Å². The van der Waals surface area contributed by atoms with E-state index < -0.39 is 11.9 Å². The molecular weight excluding hydrogens is 512 g/mol. The minimum atomic E-state index is -0.744. The van der Waals surface area contributed by atoms with E-state index in [1.54, 1.807) is 24.3 Å². The summed E-state index contributed by atoms with van der Waals surface area (Å²) in [6, 6.07) is 14.6. The molecule has 214 valence electrons. The summed E-state index contributed by atoms with van der Waals surface area (Å²) in [5, 5.41) is 23.7. The number of hydrogen-bond donors (Lipinski definition) is 4. The highest BCUT2D eigenvalue weighted by molar-refractivity contribution is 5.95. The van der Waals surface area contributed by atoms with Crippen LogP contribution in [-0.4, -0.2) is 46.6 Å². The predicted octanol–water partition coefficient (Wildman–Crippen LogP) is 5.22. The van der Waals surface area contributed by atoms with Crippen LogP contribution in [0.3, 0.4) is 0 Å². The van der Waals surface area contributed by atoms with Gasteiger partial charge >= 0.3 is 11.9 Å². The Morgan fingerprint density at radius 2 is 1.45 bits per heavy atom. The van der Waals surface area contributed by atoms with Crippen LogP contribution in [-0.2, 0) is 14.4 Å². The van der Waals surface area contributed by atoms with Crippen LogP contribution < -0.4 is 15.4 Å². The largest absolute Gasteiger partial charge is 0.490 e. The molecule has 9 nitrogen and oxygen atoms in total. The smallest absolute Gasteiger partial charge is 0.306 e. The zero-order valence-corrected chi connectivity index (χ0v) is 22.6. The van der Waals surface area contributed by atoms with Crippen LogP contribution in [0.15, 0.2) is 48.5 Å². The number of carboxylic acid groups (broad SMARTS) is 2. The van der Waals surface area contributed by atoms with Crippen molar-refractivity contribution >= 4 is 29.4 Å². The molecule has 0 aromatic heterocycles. The van der Waals surface area contributed by atoms with E-state index >= 15 is 0 Å². The van der Waals surface area contributed by atoms with Gasteiger partial charge in [0.1, 0.15) is 5.75 Å². The molecule has 0 radical (unpaired) electrons. The maximum absolute atomic E-state index is 12.5. The molecule has 0 aliphatic heterocycles. The van der Waals surface area contributed by atoms with Crippen LogP contribution in [0.1, 0.15) is 86.0 Å². The van der Waals surface area contributed by atoms with E-state index in [0.29, 0.717) is 48.6 Å². The van der Waals surface area contributed by atoms with Crippen LogP contribution in [0.4, 0.5) is 5.69 Å². The summed E-state index contributed by atoms with van der Waals surface area (Å²) >= 11 is 0. The van der Waals surface area contributed by atoms with Crippen molar-refractivity contribution < 1.29 is 34.1 Å². The highest BCUT2D eigenvalue weighted by atomic mass is 16.5. The third-order valence-corrected chi connectivity index (χ3v) is 8.06. The number of nitrogens with one attached hydrogen (secondary N) is 2. The van der Waals surface area contributed by atoms with Crippen LogP contribution in [0.25, 0.3) is 0 Å². The number of rotatable bonds is 11. The number of carbonyl (C=O) groups is 4. The van der Waals surface area contributed by atoms with Gasteiger partial charge in [0.25, 0.3) is 5.91 Å². The zero-order chi connectivity index (χ0) is 28.5. The first kappa shape index (κ1) is 29.1. The summed E-state index contributed by atoms with van der Waals surface area (Å²) in [6.45, 7) is 0.202. The lowest BCUT2D eigenvalue weighted by Crippen LogP contribution is -2.28. The van der Waals surface area contributed by atoms with Gasteiger partial charge in [-0.25, -0.2) is 0 Å². The molecule has 0 spiro atoms. The fraction of sp³-hybridized carbons (Fsp3) is 0.484. The topological polar surface area (TPSA) is 142 Å². The van der Waals surface area contributed by atoms with Gasteiger partial charge in [-0.2, -0.15) is 0 Å². The van der Waals surface area contributed by atoms with Gasteiger partial charge in [0, 0.05) is 30.6 Å². The second-order valence-corrected chi connectivity index (χ2v) is 10.9. The first-order chi connectivity index (χ1) is 19.3. The van der Waals surface area contributed by atoms with E-state index in [1.807, 2.05) is 24.3 Å². The number of carbonyl (C=O) groups excluding carboxylic acids is 2. The fourth-order valence-electron chi connectivity index (χ4n) is 5.71. The molecule has 2 aromatic rings. The third kappa shape index (κ3) is 8.56. The van der Waals surface area contributed by atoms with Crippen molar-refractivity contribution in [1.82, 2.24) is 5.32 Å². The monoisotopic (exact) mass is 550 g/mol. The molecule has 2 aromatic carbocycles. The van der Waals surface area contributed by atoms with Gasteiger partial charge < -0.3 is 25.6 Å². The van der Waals surface area contributed by atoms with Crippen LogP contribution in [0.5, 0.6) is 5.75 Å². The number of benzene rings is 2. The molecule has 40 heavy (non-hydrogen) atoms. The Morgan fingerprint density at radius 3 is 2.05 bits per heavy atom. The first-order valence-corrected chi connectivity index (χ1v) is 14.2. The minimum Gasteiger partial charge on any atom is -0.490 e. The molecule has 0 heterocycles. The number of hydrogen-bond acceptors (Lipinski definition) is 5. The molecule has 2 amide bonds. The highest BCUT2D eigenvalue weighted by Gasteiger charge is 2.27. The van der Waals surface area contributed by atoms with Gasteiger partial charge in [0.15, 0.2) is 0 Å². The van der Waals surface area contributed by atoms with Gasteiger partial charge in [-0.3, -0.25) is 19.2 Å². The van der Waals surface area contributed by atoms with Gasteiger partial charge in [-0.1, -0.05) is 12.1 Å². The summed E-state index contributed by atoms with van der Waals surface area (Å²) in [4.78, 5) is 46.9. The Bertz CT molecular complexity index is 1160. The maximum atomic E-state index is 12.5. The van der Waals surface area contributed by atoms with Crippen molar-refractivity contribution in [2.24, 2.45) is 11.8 Å². The molecule has 2 fully saturated rings. The SMILES string of the molecule is O=C(O)CC1CCC(c2ccc(NC(=O)CCNC(=O)c3ccc(O[C@H]4CC[C@@H](C(=O)O)CC4)cc3)cc2)CC1. The average molecular weight is 551 g/mol. The number of amides is 2. The van der Waals surface area contributed by atoms with Gasteiger partial charge in [0.2, 0.25) is 5.91 Å². The van der Waals surface area contributed by atoms with Crippen molar-refractivity contribution in [3.63, 3.8) is 0 Å². The summed E-state index contributed by atoms with van der Waals surface area (Å²) in [5.41, 5.74) is 2.38. The van der Waals surface area contributed by atoms with E-state index in [9.17, 15) is 19.2 Å². The molecular formula is C31H38N2O7. The van der Waals surface area contributed by atoms with Crippen molar-refractivity contribution in [1.29, 1.82) is 0 Å². The number of ether oxygens (including phenoxy) is 1. The molecule has 9 heteroatoms. The predicted molar refractivity (Wildman–Crippen MR) is 149 cm³/mol. The Hall–Kier alpha value is -3.88. The van der Waals surface area contributed by atoms with Crippen molar-refractivity contribution in [3.05, 3.63) is 59.7 Å². The van der Waals surface area contributed by atoms with Crippen molar-refractivity contribution in [3.8, 4) is 5.75 Å². The zero-order valence-electron chi connectivity index (χ0n) is 22.6. The number of carboxylic acids is 2. The molecule has 2 aliphatic rings. The Morgan fingerprint density at radius 1 is 0.800 bits per heavy atom. The summed E-state index contributed by atoms with van der Waals surface area (Å²) < 4.78 is 5.95. The molecule has 0 unspecified atom stereocenters.